The highest BCUT2D eigenvalue weighted by Crippen LogP contribution is 2.30. The SMILES string of the molecule is C=CCOc1nc2c(cc1I)N(C)CCCC2. The van der Waals surface area contributed by atoms with Crippen LogP contribution < -0.4 is 9.64 Å². The van der Waals surface area contributed by atoms with Gasteiger partial charge in [0.05, 0.1) is 15.0 Å². The number of anilines is 1. The number of aromatic nitrogens is 1. The van der Waals surface area contributed by atoms with Crippen molar-refractivity contribution in [2.75, 3.05) is 25.1 Å². The zero-order valence-electron chi connectivity index (χ0n) is 10.1. The van der Waals surface area contributed by atoms with Gasteiger partial charge in [-0.15, -0.1) is 0 Å². The topological polar surface area (TPSA) is 25.4 Å². The third-order valence-electron chi connectivity index (χ3n) is 2.91. The van der Waals surface area contributed by atoms with Crippen molar-refractivity contribution in [3.63, 3.8) is 0 Å². The molecule has 3 nitrogen and oxygen atoms in total. The van der Waals surface area contributed by atoms with Gasteiger partial charge >= 0.3 is 0 Å². The average Bonchev–Trinajstić information content (AvgIpc) is 2.49. The van der Waals surface area contributed by atoms with Crippen molar-refractivity contribution >= 4 is 28.3 Å². The van der Waals surface area contributed by atoms with E-state index in [0.717, 1.165) is 28.1 Å². The van der Waals surface area contributed by atoms with Gasteiger partial charge in [-0.25, -0.2) is 4.98 Å². The average molecular weight is 344 g/mol. The minimum atomic E-state index is 0.512. The highest BCUT2D eigenvalue weighted by Gasteiger charge is 2.16. The molecule has 0 bridgehead atoms. The van der Waals surface area contributed by atoms with Gasteiger partial charge < -0.3 is 9.64 Å². The van der Waals surface area contributed by atoms with Gasteiger partial charge in [0.2, 0.25) is 5.88 Å². The predicted molar refractivity (Wildman–Crippen MR) is 78.9 cm³/mol. The van der Waals surface area contributed by atoms with Crippen molar-refractivity contribution in [1.29, 1.82) is 0 Å². The van der Waals surface area contributed by atoms with Gasteiger partial charge in [-0.05, 0) is 47.9 Å². The molecule has 0 unspecified atom stereocenters. The molecule has 92 valence electrons. The number of halogens is 1. The summed E-state index contributed by atoms with van der Waals surface area (Å²) in [5.74, 6) is 0.736. The summed E-state index contributed by atoms with van der Waals surface area (Å²) in [6.45, 7) is 5.28. The molecular weight excluding hydrogens is 327 g/mol. The van der Waals surface area contributed by atoms with Gasteiger partial charge in [0.1, 0.15) is 6.61 Å². The largest absolute Gasteiger partial charge is 0.473 e. The molecular formula is C13H17IN2O. The Morgan fingerprint density at radius 1 is 1.59 bits per heavy atom. The van der Waals surface area contributed by atoms with Crippen LogP contribution in [0.1, 0.15) is 18.5 Å². The fourth-order valence-corrected chi connectivity index (χ4v) is 2.59. The van der Waals surface area contributed by atoms with Crippen LogP contribution in [0.25, 0.3) is 0 Å². The highest BCUT2D eigenvalue weighted by atomic mass is 127. The van der Waals surface area contributed by atoms with Crippen molar-refractivity contribution in [1.82, 2.24) is 4.98 Å². The number of ether oxygens (including phenoxy) is 1. The molecule has 2 rings (SSSR count). The van der Waals surface area contributed by atoms with Crippen LogP contribution in [0, 0.1) is 3.57 Å². The summed E-state index contributed by atoms with van der Waals surface area (Å²) in [5.41, 5.74) is 2.40. The second-order valence-electron chi connectivity index (χ2n) is 4.22. The summed E-state index contributed by atoms with van der Waals surface area (Å²) >= 11 is 2.28. The molecule has 0 atom stereocenters. The van der Waals surface area contributed by atoms with Crippen molar-refractivity contribution in [3.05, 3.63) is 28.0 Å². The molecule has 0 aliphatic carbocycles. The fourth-order valence-electron chi connectivity index (χ4n) is 2.01. The number of fused-ring (bicyclic) bond motifs is 1. The lowest BCUT2D eigenvalue weighted by molar-refractivity contribution is 0.345. The monoisotopic (exact) mass is 344 g/mol. The molecule has 0 saturated heterocycles. The molecule has 2 heterocycles. The molecule has 0 radical (unpaired) electrons. The summed E-state index contributed by atoms with van der Waals surface area (Å²) in [6.07, 6.45) is 5.22. The molecule has 0 aromatic carbocycles. The van der Waals surface area contributed by atoms with E-state index in [2.05, 4.69) is 52.2 Å². The number of nitrogens with zero attached hydrogens (tertiary/aromatic N) is 2. The van der Waals surface area contributed by atoms with E-state index in [1.165, 1.54) is 18.5 Å². The van der Waals surface area contributed by atoms with Crippen molar-refractivity contribution in [2.45, 2.75) is 19.3 Å². The van der Waals surface area contributed by atoms with Crippen LogP contribution in [0.2, 0.25) is 0 Å². The predicted octanol–water partition coefficient (Wildman–Crippen LogP) is 3.02. The number of pyridine rings is 1. The Balaban J connectivity index is 2.33. The first-order valence-corrected chi connectivity index (χ1v) is 6.94. The highest BCUT2D eigenvalue weighted by molar-refractivity contribution is 14.1. The van der Waals surface area contributed by atoms with E-state index >= 15 is 0 Å². The van der Waals surface area contributed by atoms with E-state index in [1.807, 2.05) is 0 Å². The van der Waals surface area contributed by atoms with Crippen LogP contribution in [0.4, 0.5) is 5.69 Å². The maximum absolute atomic E-state index is 5.57. The first kappa shape index (κ1) is 12.7. The standard InChI is InChI=1S/C13H17IN2O/c1-3-8-17-13-10(14)9-12-11(15-13)6-4-5-7-16(12)2/h3,9H,1,4-8H2,2H3. The quantitative estimate of drug-likeness (QED) is 0.623. The molecule has 1 aromatic rings. The van der Waals surface area contributed by atoms with E-state index in [4.69, 9.17) is 4.74 Å². The molecule has 17 heavy (non-hydrogen) atoms. The van der Waals surface area contributed by atoms with Gasteiger partial charge in [0, 0.05) is 13.6 Å². The van der Waals surface area contributed by atoms with Crippen LogP contribution in [-0.4, -0.2) is 25.2 Å². The van der Waals surface area contributed by atoms with E-state index in [-0.39, 0.29) is 0 Å². The molecule has 1 aromatic heterocycles. The van der Waals surface area contributed by atoms with Crippen molar-refractivity contribution in [2.24, 2.45) is 0 Å². The molecule has 1 aliphatic heterocycles. The lowest BCUT2D eigenvalue weighted by Gasteiger charge is -2.19. The Kier molecular flexibility index (Phi) is 4.25. The lowest BCUT2D eigenvalue weighted by Crippen LogP contribution is -2.18. The Morgan fingerprint density at radius 3 is 3.18 bits per heavy atom. The molecule has 0 spiro atoms. The Morgan fingerprint density at radius 2 is 2.41 bits per heavy atom. The number of aryl methyl sites for hydroxylation is 1. The van der Waals surface area contributed by atoms with Gasteiger partial charge in [0.25, 0.3) is 0 Å². The zero-order valence-corrected chi connectivity index (χ0v) is 12.2. The number of hydrogen-bond acceptors (Lipinski definition) is 3. The summed E-state index contributed by atoms with van der Waals surface area (Å²) < 4.78 is 6.64. The van der Waals surface area contributed by atoms with E-state index in [1.54, 1.807) is 6.08 Å². The Hall–Kier alpha value is -0.780. The summed E-state index contributed by atoms with van der Waals surface area (Å²) in [5, 5.41) is 0. The first-order valence-electron chi connectivity index (χ1n) is 5.86. The maximum Gasteiger partial charge on any atom is 0.227 e. The van der Waals surface area contributed by atoms with Crippen LogP contribution >= 0.6 is 22.6 Å². The van der Waals surface area contributed by atoms with Crippen molar-refractivity contribution < 1.29 is 4.74 Å². The molecule has 1 aliphatic rings. The van der Waals surface area contributed by atoms with Crippen LogP contribution in [-0.2, 0) is 6.42 Å². The van der Waals surface area contributed by atoms with Gasteiger partial charge in [0.15, 0.2) is 0 Å². The Labute approximate surface area is 116 Å². The van der Waals surface area contributed by atoms with Gasteiger partial charge in [-0.1, -0.05) is 12.7 Å². The van der Waals surface area contributed by atoms with E-state index in [0.29, 0.717) is 6.61 Å². The van der Waals surface area contributed by atoms with Crippen LogP contribution in [0.5, 0.6) is 5.88 Å². The minimum Gasteiger partial charge on any atom is -0.473 e. The van der Waals surface area contributed by atoms with E-state index in [9.17, 15) is 0 Å². The molecule has 0 N–H and O–H groups in total. The molecule has 4 heteroatoms. The summed E-state index contributed by atoms with van der Waals surface area (Å²) in [7, 11) is 2.13. The van der Waals surface area contributed by atoms with Crippen LogP contribution in [0.3, 0.4) is 0 Å². The zero-order chi connectivity index (χ0) is 12.3. The van der Waals surface area contributed by atoms with Crippen LogP contribution in [0.15, 0.2) is 18.7 Å². The second kappa shape index (κ2) is 5.71. The number of rotatable bonds is 3. The first-order chi connectivity index (χ1) is 8.22. The smallest absolute Gasteiger partial charge is 0.227 e. The third kappa shape index (κ3) is 2.91. The van der Waals surface area contributed by atoms with Crippen molar-refractivity contribution in [3.8, 4) is 5.88 Å². The normalized spacial score (nSPS) is 15.1. The van der Waals surface area contributed by atoms with Gasteiger partial charge in [-0.3, -0.25) is 0 Å². The van der Waals surface area contributed by atoms with Gasteiger partial charge in [-0.2, -0.15) is 0 Å². The Bertz CT molecular complexity index is 420. The number of hydrogen-bond donors (Lipinski definition) is 0. The molecule has 0 amide bonds. The lowest BCUT2D eigenvalue weighted by atomic mass is 10.2. The molecule has 0 saturated carbocycles. The maximum atomic E-state index is 5.57. The summed E-state index contributed by atoms with van der Waals surface area (Å²) in [6, 6.07) is 2.17. The molecule has 0 fully saturated rings. The minimum absolute atomic E-state index is 0.512. The third-order valence-corrected chi connectivity index (χ3v) is 3.68. The van der Waals surface area contributed by atoms with E-state index < -0.39 is 0 Å². The fraction of sp³-hybridized carbons (Fsp3) is 0.462. The summed E-state index contributed by atoms with van der Waals surface area (Å²) in [4.78, 5) is 6.93. The second-order valence-corrected chi connectivity index (χ2v) is 5.38.